The maximum absolute atomic E-state index is 11.8. The zero-order chi connectivity index (χ0) is 11.4. The van der Waals surface area contributed by atoms with Gasteiger partial charge in [-0.3, -0.25) is 9.00 Å². The van der Waals surface area contributed by atoms with Crippen molar-refractivity contribution >= 4 is 28.4 Å². The van der Waals surface area contributed by atoms with E-state index < -0.39 is 22.0 Å². The van der Waals surface area contributed by atoms with E-state index in [-0.39, 0.29) is 11.6 Å². The van der Waals surface area contributed by atoms with E-state index in [2.05, 4.69) is 0 Å². The molecule has 0 spiro atoms. The summed E-state index contributed by atoms with van der Waals surface area (Å²) in [5, 5.41) is 7.95. The number of nitrogens with two attached hydrogens (primary N) is 1. The van der Waals surface area contributed by atoms with Crippen LogP contribution in [0.5, 0.6) is 0 Å². The Labute approximate surface area is 94.5 Å². The molecule has 0 aliphatic heterocycles. The van der Waals surface area contributed by atoms with Crippen molar-refractivity contribution < 1.29 is 14.1 Å². The van der Waals surface area contributed by atoms with E-state index in [4.69, 9.17) is 22.4 Å². The molecular formula is C9H10ClNO3S. The first-order chi connectivity index (χ1) is 7.07. The molecular weight excluding hydrogens is 238 g/mol. The van der Waals surface area contributed by atoms with Gasteiger partial charge in [-0.25, -0.2) is 0 Å². The lowest BCUT2D eigenvalue weighted by atomic mass is 10.4. The zero-order valence-corrected chi connectivity index (χ0v) is 9.29. The molecule has 82 valence electrons. The molecule has 0 aromatic heterocycles. The maximum Gasteiger partial charge on any atom is 0.320 e. The highest BCUT2D eigenvalue weighted by Crippen LogP contribution is 2.21. The molecule has 0 aliphatic carbocycles. The molecule has 2 unspecified atom stereocenters. The van der Waals surface area contributed by atoms with Gasteiger partial charge in [0, 0.05) is 6.54 Å². The second-order valence-corrected chi connectivity index (χ2v) is 4.80. The number of hydrogen-bond acceptors (Lipinski definition) is 3. The van der Waals surface area contributed by atoms with Crippen molar-refractivity contribution in [1.82, 2.24) is 0 Å². The Morgan fingerprint density at radius 2 is 2.13 bits per heavy atom. The molecule has 15 heavy (non-hydrogen) atoms. The minimum atomic E-state index is -1.72. The number of carbonyl (C=O) groups is 1. The predicted octanol–water partition coefficient (Wildman–Crippen LogP) is 0.859. The second-order valence-electron chi connectivity index (χ2n) is 2.79. The number of benzene rings is 1. The Bertz CT molecular complexity index is 397. The molecule has 0 radical (unpaired) electrons. The highest BCUT2D eigenvalue weighted by molar-refractivity contribution is 7.86. The van der Waals surface area contributed by atoms with Crippen LogP contribution >= 0.6 is 11.6 Å². The first kappa shape index (κ1) is 12.2. The van der Waals surface area contributed by atoms with Crippen molar-refractivity contribution in [3.63, 3.8) is 0 Å². The van der Waals surface area contributed by atoms with E-state index in [0.717, 1.165) is 0 Å². The molecule has 0 bridgehead atoms. The molecule has 0 saturated heterocycles. The van der Waals surface area contributed by atoms with Crippen molar-refractivity contribution in [2.24, 2.45) is 5.73 Å². The highest BCUT2D eigenvalue weighted by atomic mass is 35.5. The fourth-order valence-electron chi connectivity index (χ4n) is 1.04. The average Bonchev–Trinajstić information content (AvgIpc) is 2.18. The van der Waals surface area contributed by atoms with Crippen LogP contribution in [0, 0.1) is 0 Å². The van der Waals surface area contributed by atoms with Crippen molar-refractivity contribution in [3.05, 3.63) is 29.3 Å². The number of hydrogen-bond donors (Lipinski definition) is 2. The summed E-state index contributed by atoms with van der Waals surface area (Å²) in [7, 11) is -1.72. The third-order valence-corrected chi connectivity index (χ3v) is 3.94. The molecule has 0 amide bonds. The van der Waals surface area contributed by atoms with Gasteiger partial charge in [-0.2, -0.15) is 0 Å². The van der Waals surface area contributed by atoms with Gasteiger partial charge < -0.3 is 10.8 Å². The normalized spacial score (nSPS) is 14.5. The fourth-order valence-corrected chi connectivity index (χ4v) is 2.54. The largest absolute Gasteiger partial charge is 0.480 e. The molecule has 2 atom stereocenters. The summed E-state index contributed by atoms with van der Waals surface area (Å²) in [5.41, 5.74) is 5.25. The van der Waals surface area contributed by atoms with E-state index in [1.54, 1.807) is 18.2 Å². The van der Waals surface area contributed by atoms with Crippen LogP contribution in [0.1, 0.15) is 0 Å². The van der Waals surface area contributed by atoms with Crippen LogP contribution in [0.2, 0.25) is 5.02 Å². The topological polar surface area (TPSA) is 80.4 Å². The molecule has 0 heterocycles. The van der Waals surface area contributed by atoms with Gasteiger partial charge in [0.15, 0.2) is 0 Å². The zero-order valence-electron chi connectivity index (χ0n) is 7.72. The van der Waals surface area contributed by atoms with E-state index >= 15 is 0 Å². The maximum atomic E-state index is 11.8. The van der Waals surface area contributed by atoms with Crippen LogP contribution < -0.4 is 5.73 Å². The SMILES string of the molecule is NCC(C(=O)O)S(=O)c1ccccc1Cl. The summed E-state index contributed by atoms with van der Waals surface area (Å²) < 4.78 is 11.8. The van der Waals surface area contributed by atoms with Crippen molar-refractivity contribution in [2.45, 2.75) is 10.1 Å². The van der Waals surface area contributed by atoms with Crippen LogP contribution in [-0.4, -0.2) is 27.1 Å². The molecule has 1 aromatic carbocycles. The summed E-state index contributed by atoms with van der Waals surface area (Å²) in [6.07, 6.45) is 0. The minimum absolute atomic E-state index is 0.187. The van der Waals surface area contributed by atoms with Crippen LogP contribution in [0.25, 0.3) is 0 Å². The Balaban J connectivity index is 3.03. The highest BCUT2D eigenvalue weighted by Gasteiger charge is 2.25. The van der Waals surface area contributed by atoms with Crippen LogP contribution in [0.15, 0.2) is 29.2 Å². The summed E-state index contributed by atoms with van der Waals surface area (Å²) in [4.78, 5) is 11.0. The summed E-state index contributed by atoms with van der Waals surface area (Å²) in [5.74, 6) is -1.18. The molecule has 0 aliphatic rings. The molecule has 3 N–H and O–H groups in total. The third-order valence-electron chi connectivity index (χ3n) is 1.80. The molecule has 0 saturated carbocycles. The first-order valence-corrected chi connectivity index (χ1v) is 5.75. The van der Waals surface area contributed by atoms with Crippen molar-refractivity contribution in [3.8, 4) is 0 Å². The number of rotatable bonds is 4. The number of carboxylic acids is 1. The van der Waals surface area contributed by atoms with Gasteiger partial charge in [0.2, 0.25) is 0 Å². The summed E-state index contributed by atoms with van der Waals surface area (Å²) in [6.45, 7) is -0.187. The third kappa shape index (κ3) is 2.77. The lowest BCUT2D eigenvalue weighted by molar-refractivity contribution is -0.136. The quantitative estimate of drug-likeness (QED) is 0.827. The smallest absolute Gasteiger partial charge is 0.320 e. The molecule has 6 heteroatoms. The fraction of sp³-hybridized carbons (Fsp3) is 0.222. The summed E-state index contributed by atoms with van der Waals surface area (Å²) in [6, 6.07) is 6.42. The van der Waals surface area contributed by atoms with E-state index in [1.165, 1.54) is 6.07 Å². The molecule has 1 aromatic rings. The van der Waals surface area contributed by atoms with E-state index in [1.807, 2.05) is 0 Å². The Morgan fingerprint density at radius 1 is 1.53 bits per heavy atom. The lowest BCUT2D eigenvalue weighted by Gasteiger charge is -2.10. The Hall–Kier alpha value is -0.910. The van der Waals surface area contributed by atoms with Gasteiger partial charge >= 0.3 is 5.97 Å². The van der Waals surface area contributed by atoms with Gasteiger partial charge in [0.1, 0.15) is 5.25 Å². The van der Waals surface area contributed by atoms with Crippen molar-refractivity contribution in [1.29, 1.82) is 0 Å². The van der Waals surface area contributed by atoms with Crippen molar-refractivity contribution in [2.75, 3.05) is 6.54 Å². The minimum Gasteiger partial charge on any atom is -0.480 e. The lowest BCUT2D eigenvalue weighted by Crippen LogP contribution is -2.33. The first-order valence-electron chi connectivity index (χ1n) is 4.16. The predicted molar refractivity (Wildman–Crippen MR) is 58.3 cm³/mol. The average molecular weight is 248 g/mol. The van der Waals surface area contributed by atoms with Gasteiger partial charge in [-0.15, -0.1) is 0 Å². The molecule has 0 fully saturated rings. The number of halogens is 1. The summed E-state index contributed by atoms with van der Waals surface area (Å²) >= 11 is 5.80. The van der Waals surface area contributed by atoms with Gasteiger partial charge in [0.05, 0.1) is 20.7 Å². The molecule has 4 nitrogen and oxygen atoms in total. The van der Waals surface area contributed by atoms with Crippen LogP contribution in [0.3, 0.4) is 0 Å². The Kier molecular flexibility index (Phi) is 4.26. The van der Waals surface area contributed by atoms with Crippen LogP contribution in [0.4, 0.5) is 0 Å². The van der Waals surface area contributed by atoms with Gasteiger partial charge in [-0.05, 0) is 12.1 Å². The van der Waals surface area contributed by atoms with Crippen LogP contribution in [-0.2, 0) is 15.6 Å². The molecule has 1 rings (SSSR count). The monoisotopic (exact) mass is 247 g/mol. The Morgan fingerprint density at radius 3 is 2.60 bits per heavy atom. The van der Waals surface area contributed by atoms with E-state index in [0.29, 0.717) is 4.90 Å². The standard InChI is InChI=1S/C9H10ClNO3S/c10-6-3-1-2-4-7(6)15(14)8(5-11)9(12)13/h1-4,8H,5,11H2,(H,12,13). The number of carboxylic acid groups (broad SMARTS) is 1. The van der Waals surface area contributed by atoms with E-state index in [9.17, 15) is 9.00 Å². The van der Waals surface area contributed by atoms with Gasteiger partial charge in [0.25, 0.3) is 0 Å². The second kappa shape index (κ2) is 5.25. The van der Waals surface area contributed by atoms with Gasteiger partial charge in [-0.1, -0.05) is 23.7 Å². The number of aliphatic carboxylic acids is 1.